The summed E-state index contributed by atoms with van der Waals surface area (Å²) in [5, 5.41) is 8.12. The summed E-state index contributed by atoms with van der Waals surface area (Å²) < 4.78 is 0. The van der Waals surface area contributed by atoms with Crippen LogP contribution >= 0.6 is 11.3 Å². The van der Waals surface area contributed by atoms with Gasteiger partial charge in [0.05, 0.1) is 5.69 Å². The highest BCUT2D eigenvalue weighted by Crippen LogP contribution is 2.26. The average Bonchev–Trinajstić information content (AvgIpc) is 3.09. The molecule has 3 rings (SSSR count). The largest absolute Gasteiger partial charge is 0.326 e. The van der Waals surface area contributed by atoms with Gasteiger partial charge in [-0.15, -0.1) is 11.3 Å². The minimum absolute atomic E-state index is 0.0399. The number of carbonyl (C=O) groups is 2. The molecule has 1 aromatic heterocycles. The standard InChI is InChI=1S/C22H23N3O2S/c1-14-4-5-17(15(2)12-14)8-11-21(27)25-22-24-20(13-28-22)18-6-9-19(10-7-18)23-16(3)26/h4-7,9-10,12-13H,8,11H2,1-3H3,(H,23,26)(H,24,25,27). The lowest BCUT2D eigenvalue weighted by Gasteiger charge is -2.06. The summed E-state index contributed by atoms with van der Waals surface area (Å²) in [5.41, 5.74) is 6.11. The van der Waals surface area contributed by atoms with Crippen LogP contribution < -0.4 is 10.6 Å². The van der Waals surface area contributed by atoms with Gasteiger partial charge >= 0.3 is 0 Å². The predicted octanol–water partition coefficient (Wildman–Crippen LogP) is 4.96. The van der Waals surface area contributed by atoms with Gasteiger partial charge in [0.1, 0.15) is 0 Å². The molecule has 0 unspecified atom stereocenters. The molecule has 1 heterocycles. The molecule has 6 heteroatoms. The second-order valence-electron chi connectivity index (χ2n) is 6.77. The lowest BCUT2D eigenvalue weighted by molar-refractivity contribution is -0.116. The highest BCUT2D eigenvalue weighted by atomic mass is 32.1. The van der Waals surface area contributed by atoms with Gasteiger partial charge in [-0.3, -0.25) is 9.59 Å². The number of hydrogen-bond donors (Lipinski definition) is 2. The number of nitrogens with zero attached hydrogens (tertiary/aromatic N) is 1. The van der Waals surface area contributed by atoms with Crippen LogP contribution in [0.3, 0.4) is 0 Å². The van der Waals surface area contributed by atoms with E-state index in [1.807, 2.05) is 29.6 Å². The van der Waals surface area contributed by atoms with Crippen LogP contribution in [0, 0.1) is 13.8 Å². The molecule has 28 heavy (non-hydrogen) atoms. The number of carbonyl (C=O) groups excluding carboxylic acids is 2. The maximum atomic E-state index is 12.3. The Morgan fingerprint density at radius 1 is 1.04 bits per heavy atom. The molecule has 0 spiro atoms. The number of anilines is 2. The van der Waals surface area contributed by atoms with Gasteiger partial charge < -0.3 is 10.6 Å². The number of aryl methyl sites for hydroxylation is 3. The van der Waals surface area contributed by atoms with Crippen molar-refractivity contribution in [2.24, 2.45) is 0 Å². The van der Waals surface area contributed by atoms with E-state index in [1.54, 1.807) is 0 Å². The lowest BCUT2D eigenvalue weighted by Crippen LogP contribution is -2.12. The van der Waals surface area contributed by atoms with Crippen LogP contribution in [-0.4, -0.2) is 16.8 Å². The Hall–Kier alpha value is -2.99. The normalized spacial score (nSPS) is 10.5. The van der Waals surface area contributed by atoms with Crippen molar-refractivity contribution in [2.45, 2.75) is 33.6 Å². The van der Waals surface area contributed by atoms with Gasteiger partial charge in [-0.25, -0.2) is 4.98 Å². The van der Waals surface area contributed by atoms with Crippen molar-refractivity contribution >= 4 is 34.0 Å². The monoisotopic (exact) mass is 393 g/mol. The fourth-order valence-electron chi connectivity index (χ4n) is 2.95. The van der Waals surface area contributed by atoms with Crippen LogP contribution in [0.25, 0.3) is 11.3 Å². The third kappa shape index (κ3) is 5.27. The van der Waals surface area contributed by atoms with E-state index in [0.29, 0.717) is 18.0 Å². The van der Waals surface area contributed by atoms with Gasteiger partial charge in [-0.05, 0) is 43.5 Å². The van der Waals surface area contributed by atoms with Gasteiger partial charge in [0.15, 0.2) is 5.13 Å². The van der Waals surface area contributed by atoms with Crippen LogP contribution in [0.5, 0.6) is 0 Å². The number of aromatic nitrogens is 1. The van der Waals surface area contributed by atoms with Gasteiger partial charge in [-0.1, -0.05) is 35.9 Å². The van der Waals surface area contributed by atoms with E-state index in [-0.39, 0.29) is 11.8 Å². The Morgan fingerprint density at radius 2 is 1.79 bits per heavy atom. The van der Waals surface area contributed by atoms with Crippen molar-refractivity contribution in [1.29, 1.82) is 0 Å². The van der Waals surface area contributed by atoms with Crippen molar-refractivity contribution in [2.75, 3.05) is 10.6 Å². The molecule has 0 atom stereocenters. The predicted molar refractivity (Wildman–Crippen MR) is 115 cm³/mol. The molecule has 0 radical (unpaired) electrons. The van der Waals surface area contributed by atoms with Crippen molar-refractivity contribution in [3.63, 3.8) is 0 Å². The molecule has 2 amide bonds. The molecule has 0 bridgehead atoms. The number of benzene rings is 2. The fraction of sp³-hybridized carbons (Fsp3) is 0.227. The van der Waals surface area contributed by atoms with Crippen LogP contribution in [0.15, 0.2) is 47.8 Å². The Kier molecular flexibility index (Phi) is 6.21. The Morgan fingerprint density at radius 3 is 2.46 bits per heavy atom. The van der Waals surface area contributed by atoms with Crippen molar-refractivity contribution in [1.82, 2.24) is 4.98 Å². The number of nitrogens with one attached hydrogen (secondary N) is 2. The molecule has 0 aliphatic carbocycles. The third-order valence-corrected chi connectivity index (χ3v) is 5.13. The van der Waals surface area contributed by atoms with Gasteiger partial charge in [0, 0.05) is 30.0 Å². The Labute approximate surface area is 168 Å². The Bertz CT molecular complexity index is 993. The molecular formula is C22H23N3O2S. The number of thiazole rings is 1. The molecule has 5 nitrogen and oxygen atoms in total. The molecule has 0 aliphatic heterocycles. The third-order valence-electron chi connectivity index (χ3n) is 4.37. The minimum atomic E-state index is -0.104. The molecule has 2 N–H and O–H groups in total. The summed E-state index contributed by atoms with van der Waals surface area (Å²) in [6.07, 6.45) is 1.13. The fourth-order valence-corrected chi connectivity index (χ4v) is 3.68. The van der Waals surface area contributed by atoms with E-state index in [2.05, 4.69) is 47.7 Å². The average molecular weight is 394 g/mol. The van der Waals surface area contributed by atoms with Crippen LogP contribution in [0.4, 0.5) is 10.8 Å². The summed E-state index contributed by atoms with van der Waals surface area (Å²) in [6.45, 7) is 5.62. The molecule has 3 aromatic rings. The first-order valence-corrected chi connectivity index (χ1v) is 9.98. The topological polar surface area (TPSA) is 71.1 Å². The quantitative estimate of drug-likeness (QED) is 0.622. The van der Waals surface area contributed by atoms with E-state index in [4.69, 9.17) is 0 Å². The van der Waals surface area contributed by atoms with E-state index >= 15 is 0 Å². The zero-order valence-corrected chi connectivity index (χ0v) is 17.0. The van der Waals surface area contributed by atoms with E-state index in [0.717, 1.165) is 16.9 Å². The molecule has 0 saturated carbocycles. The SMILES string of the molecule is CC(=O)Nc1ccc(-c2csc(NC(=O)CCc3ccc(C)cc3C)n2)cc1. The maximum Gasteiger partial charge on any atom is 0.226 e. The van der Waals surface area contributed by atoms with E-state index < -0.39 is 0 Å². The Balaban J connectivity index is 1.57. The molecule has 0 saturated heterocycles. The van der Waals surface area contributed by atoms with Crippen molar-refractivity contribution in [3.8, 4) is 11.3 Å². The van der Waals surface area contributed by atoms with Crippen LogP contribution in [0.1, 0.15) is 30.0 Å². The van der Waals surface area contributed by atoms with Gasteiger partial charge in [0.25, 0.3) is 0 Å². The van der Waals surface area contributed by atoms with Crippen LogP contribution in [0.2, 0.25) is 0 Å². The second kappa shape index (κ2) is 8.80. The number of hydrogen-bond acceptors (Lipinski definition) is 4. The first-order valence-electron chi connectivity index (χ1n) is 9.10. The van der Waals surface area contributed by atoms with Crippen molar-refractivity contribution in [3.05, 3.63) is 64.5 Å². The highest BCUT2D eigenvalue weighted by Gasteiger charge is 2.09. The highest BCUT2D eigenvalue weighted by molar-refractivity contribution is 7.14. The summed E-state index contributed by atoms with van der Waals surface area (Å²) >= 11 is 1.40. The molecule has 2 aromatic carbocycles. The summed E-state index contributed by atoms with van der Waals surface area (Å²) in [7, 11) is 0. The first-order chi connectivity index (χ1) is 13.4. The maximum absolute atomic E-state index is 12.3. The van der Waals surface area contributed by atoms with Crippen LogP contribution in [-0.2, 0) is 16.0 Å². The second-order valence-corrected chi connectivity index (χ2v) is 7.63. The van der Waals surface area contributed by atoms with Gasteiger partial charge in [0.2, 0.25) is 11.8 Å². The van der Waals surface area contributed by atoms with E-state index in [9.17, 15) is 9.59 Å². The lowest BCUT2D eigenvalue weighted by atomic mass is 10.0. The zero-order valence-electron chi connectivity index (χ0n) is 16.2. The molecule has 0 fully saturated rings. The van der Waals surface area contributed by atoms with Crippen molar-refractivity contribution < 1.29 is 9.59 Å². The first kappa shape index (κ1) is 19.8. The number of rotatable bonds is 6. The van der Waals surface area contributed by atoms with Gasteiger partial charge in [-0.2, -0.15) is 0 Å². The molecular weight excluding hydrogens is 370 g/mol. The number of amides is 2. The smallest absolute Gasteiger partial charge is 0.226 e. The minimum Gasteiger partial charge on any atom is -0.326 e. The molecule has 144 valence electrons. The summed E-state index contributed by atoms with van der Waals surface area (Å²) in [6, 6.07) is 13.8. The zero-order chi connectivity index (χ0) is 20.1. The summed E-state index contributed by atoms with van der Waals surface area (Å²) in [5.74, 6) is -0.144. The van der Waals surface area contributed by atoms with E-state index in [1.165, 1.54) is 35.0 Å². The summed E-state index contributed by atoms with van der Waals surface area (Å²) in [4.78, 5) is 27.9. The molecule has 0 aliphatic rings.